The first kappa shape index (κ1) is 13.0. The summed E-state index contributed by atoms with van der Waals surface area (Å²) < 4.78 is 0. The SMILES string of the molecule is Cc1ccsc1CNCCSCCCO. The standard InChI is InChI=1S/C11H19NOS2/c1-10-3-7-15-11(10)9-12-4-8-14-6-2-5-13/h3,7,12-13H,2,4-6,8-9H2,1H3. The van der Waals surface area contributed by atoms with Gasteiger partial charge in [0.05, 0.1) is 0 Å². The highest BCUT2D eigenvalue weighted by molar-refractivity contribution is 7.99. The number of hydrogen-bond acceptors (Lipinski definition) is 4. The molecule has 86 valence electrons. The summed E-state index contributed by atoms with van der Waals surface area (Å²) in [6.45, 7) is 4.51. The Bertz CT molecular complexity index is 263. The highest BCUT2D eigenvalue weighted by Crippen LogP contribution is 2.14. The van der Waals surface area contributed by atoms with Crippen molar-refractivity contribution in [3.8, 4) is 0 Å². The normalized spacial score (nSPS) is 10.8. The minimum absolute atomic E-state index is 0.314. The van der Waals surface area contributed by atoms with E-state index in [0.717, 1.165) is 31.0 Å². The summed E-state index contributed by atoms with van der Waals surface area (Å²) >= 11 is 3.72. The first-order valence-electron chi connectivity index (χ1n) is 5.27. The minimum Gasteiger partial charge on any atom is -0.396 e. The van der Waals surface area contributed by atoms with Gasteiger partial charge in [0.1, 0.15) is 0 Å². The van der Waals surface area contributed by atoms with Gasteiger partial charge in [-0.2, -0.15) is 11.8 Å². The van der Waals surface area contributed by atoms with Crippen molar-refractivity contribution in [1.82, 2.24) is 5.32 Å². The molecule has 0 aliphatic carbocycles. The zero-order chi connectivity index (χ0) is 10.9. The number of nitrogens with one attached hydrogen (secondary N) is 1. The molecule has 0 bridgehead atoms. The Morgan fingerprint density at radius 2 is 2.33 bits per heavy atom. The number of aliphatic hydroxyl groups excluding tert-OH is 1. The van der Waals surface area contributed by atoms with E-state index in [0.29, 0.717) is 6.61 Å². The van der Waals surface area contributed by atoms with E-state index < -0.39 is 0 Å². The summed E-state index contributed by atoms with van der Waals surface area (Å²) in [4.78, 5) is 1.44. The van der Waals surface area contributed by atoms with Crippen LogP contribution in [0.25, 0.3) is 0 Å². The van der Waals surface area contributed by atoms with Crippen LogP contribution in [0.2, 0.25) is 0 Å². The lowest BCUT2D eigenvalue weighted by atomic mass is 10.3. The highest BCUT2D eigenvalue weighted by atomic mass is 32.2. The molecule has 1 aromatic rings. The zero-order valence-electron chi connectivity index (χ0n) is 9.16. The monoisotopic (exact) mass is 245 g/mol. The molecular weight excluding hydrogens is 226 g/mol. The lowest BCUT2D eigenvalue weighted by molar-refractivity contribution is 0.296. The summed E-state index contributed by atoms with van der Waals surface area (Å²) in [5.41, 5.74) is 1.39. The summed E-state index contributed by atoms with van der Waals surface area (Å²) in [5, 5.41) is 14.2. The Kier molecular flexibility index (Phi) is 7.09. The lowest BCUT2D eigenvalue weighted by Crippen LogP contribution is -2.16. The fraction of sp³-hybridized carbons (Fsp3) is 0.636. The molecule has 0 amide bonds. The second-order valence-electron chi connectivity index (χ2n) is 3.39. The van der Waals surface area contributed by atoms with Crippen LogP contribution >= 0.6 is 23.1 Å². The Balaban J connectivity index is 1.96. The van der Waals surface area contributed by atoms with E-state index in [-0.39, 0.29) is 0 Å². The molecule has 0 saturated carbocycles. The molecule has 0 aliphatic heterocycles. The van der Waals surface area contributed by atoms with Crippen LogP contribution in [-0.4, -0.2) is 29.8 Å². The van der Waals surface area contributed by atoms with Crippen molar-refractivity contribution in [2.24, 2.45) is 0 Å². The van der Waals surface area contributed by atoms with E-state index in [2.05, 4.69) is 23.7 Å². The Hall–Kier alpha value is -0.0300. The molecular formula is C11H19NOS2. The number of hydrogen-bond donors (Lipinski definition) is 2. The van der Waals surface area contributed by atoms with Gasteiger partial charge in [0.2, 0.25) is 0 Å². The van der Waals surface area contributed by atoms with E-state index in [4.69, 9.17) is 5.11 Å². The van der Waals surface area contributed by atoms with Gasteiger partial charge in [-0.3, -0.25) is 0 Å². The molecule has 1 heterocycles. The molecule has 1 aromatic heterocycles. The Morgan fingerprint density at radius 1 is 1.47 bits per heavy atom. The number of thiophene rings is 1. The topological polar surface area (TPSA) is 32.3 Å². The van der Waals surface area contributed by atoms with Gasteiger partial charge in [-0.05, 0) is 36.1 Å². The van der Waals surface area contributed by atoms with Crippen LogP contribution in [0.15, 0.2) is 11.4 Å². The predicted octanol–water partition coefficient (Wildman–Crippen LogP) is 2.26. The molecule has 0 aliphatic rings. The Labute approximate surface area is 100 Å². The number of aryl methyl sites for hydroxylation is 1. The average molecular weight is 245 g/mol. The van der Waals surface area contributed by atoms with E-state index in [1.54, 1.807) is 0 Å². The molecule has 1 rings (SSSR count). The first-order valence-corrected chi connectivity index (χ1v) is 7.30. The van der Waals surface area contributed by atoms with Crippen LogP contribution in [0.5, 0.6) is 0 Å². The summed E-state index contributed by atoms with van der Waals surface area (Å²) in [6.07, 6.45) is 0.911. The number of thioether (sulfide) groups is 1. The van der Waals surface area contributed by atoms with Crippen molar-refractivity contribution in [2.75, 3.05) is 24.7 Å². The second kappa shape index (κ2) is 8.16. The van der Waals surface area contributed by atoms with E-state index in [9.17, 15) is 0 Å². The molecule has 2 N–H and O–H groups in total. The molecule has 15 heavy (non-hydrogen) atoms. The largest absolute Gasteiger partial charge is 0.396 e. The van der Waals surface area contributed by atoms with Crippen LogP contribution in [-0.2, 0) is 6.54 Å². The van der Waals surface area contributed by atoms with Gasteiger partial charge in [0, 0.05) is 30.3 Å². The minimum atomic E-state index is 0.314. The van der Waals surface area contributed by atoms with Crippen molar-refractivity contribution in [3.63, 3.8) is 0 Å². The fourth-order valence-electron chi connectivity index (χ4n) is 1.20. The van der Waals surface area contributed by atoms with Crippen molar-refractivity contribution >= 4 is 23.1 Å². The van der Waals surface area contributed by atoms with Gasteiger partial charge in [0.15, 0.2) is 0 Å². The van der Waals surface area contributed by atoms with E-state index >= 15 is 0 Å². The van der Waals surface area contributed by atoms with Gasteiger partial charge >= 0.3 is 0 Å². The van der Waals surface area contributed by atoms with Gasteiger partial charge in [-0.1, -0.05) is 0 Å². The molecule has 0 fully saturated rings. The third kappa shape index (κ3) is 5.56. The molecule has 0 aromatic carbocycles. The predicted molar refractivity (Wildman–Crippen MR) is 69.8 cm³/mol. The quantitative estimate of drug-likeness (QED) is 0.689. The Morgan fingerprint density at radius 3 is 3.00 bits per heavy atom. The third-order valence-corrected chi connectivity index (χ3v) is 4.22. The molecule has 0 saturated heterocycles. The molecule has 2 nitrogen and oxygen atoms in total. The molecule has 0 radical (unpaired) electrons. The van der Waals surface area contributed by atoms with Gasteiger partial charge < -0.3 is 10.4 Å². The van der Waals surface area contributed by atoms with Crippen LogP contribution in [0, 0.1) is 6.92 Å². The smallest absolute Gasteiger partial charge is 0.0438 e. The van der Waals surface area contributed by atoms with Gasteiger partial charge in [-0.25, -0.2) is 0 Å². The van der Waals surface area contributed by atoms with E-state index in [1.165, 1.54) is 10.4 Å². The van der Waals surface area contributed by atoms with Gasteiger partial charge in [0.25, 0.3) is 0 Å². The maximum atomic E-state index is 8.60. The van der Waals surface area contributed by atoms with Crippen LogP contribution in [0.3, 0.4) is 0 Å². The van der Waals surface area contributed by atoms with Crippen LogP contribution < -0.4 is 5.32 Å². The van der Waals surface area contributed by atoms with Crippen molar-refractivity contribution in [1.29, 1.82) is 0 Å². The molecule has 0 spiro atoms. The lowest BCUT2D eigenvalue weighted by Gasteiger charge is -2.03. The molecule has 4 heteroatoms. The second-order valence-corrected chi connectivity index (χ2v) is 5.62. The number of rotatable bonds is 8. The fourth-order valence-corrected chi connectivity index (χ4v) is 2.90. The van der Waals surface area contributed by atoms with Crippen LogP contribution in [0.4, 0.5) is 0 Å². The summed E-state index contributed by atoms with van der Waals surface area (Å²) in [6, 6.07) is 2.16. The van der Waals surface area contributed by atoms with Crippen molar-refractivity contribution in [2.45, 2.75) is 19.9 Å². The number of aliphatic hydroxyl groups is 1. The van der Waals surface area contributed by atoms with E-state index in [1.807, 2.05) is 23.1 Å². The summed E-state index contributed by atoms with van der Waals surface area (Å²) in [7, 11) is 0. The first-order chi connectivity index (χ1) is 7.34. The van der Waals surface area contributed by atoms with Crippen molar-refractivity contribution < 1.29 is 5.11 Å². The average Bonchev–Trinajstić information content (AvgIpc) is 2.63. The highest BCUT2D eigenvalue weighted by Gasteiger charge is 1.98. The van der Waals surface area contributed by atoms with Gasteiger partial charge in [-0.15, -0.1) is 11.3 Å². The van der Waals surface area contributed by atoms with Crippen LogP contribution in [0.1, 0.15) is 16.9 Å². The summed E-state index contributed by atoms with van der Waals surface area (Å²) in [5.74, 6) is 2.20. The molecule has 0 atom stereocenters. The van der Waals surface area contributed by atoms with Crippen molar-refractivity contribution in [3.05, 3.63) is 21.9 Å². The molecule has 0 unspecified atom stereocenters. The maximum Gasteiger partial charge on any atom is 0.0438 e. The zero-order valence-corrected chi connectivity index (χ0v) is 10.8. The third-order valence-electron chi connectivity index (χ3n) is 2.12. The maximum absolute atomic E-state index is 8.60.